The minimum Gasteiger partial charge on any atom is -0.481 e. The van der Waals surface area contributed by atoms with Crippen molar-refractivity contribution >= 4 is 17.6 Å². The SMILES string of the molecule is Cc1nn(C)cc1NC(=O)C1CC1C(=O)O. The van der Waals surface area contributed by atoms with Gasteiger partial charge in [0.2, 0.25) is 5.91 Å². The fourth-order valence-corrected chi connectivity index (χ4v) is 1.71. The summed E-state index contributed by atoms with van der Waals surface area (Å²) in [5.74, 6) is -2.04. The molecule has 1 aliphatic carbocycles. The van der Waals surface area contributed by atoms with Crippen molar-refractivity contribution in [2.24, 2.45) is 18.9 Å². The monoisotopic (exact) mass is 223 g/mol. The molecule has 2 N–H and O–H groups in total. The highest BCUT2D eigenvalue weighted by molar-refractivity contribution is 5.98. The van der Waals surface area contributed by atoms with E-state index in [9.17, 15) is 9.59 Å². The number of carbonyl (C=O) groups excluding carboxylic acids is 1. The van der Waals surface area contributed by atoms with Crippen LogP contribution in [-0.4, -0.2) is 26.8 Å². The van der Waals surface area contributed by atoms with Gasteiger partial charge in [-0.15, -0.1) is 0 Å². The lowest BCUT2D eigenvalue weighted by molar-refractivity contribution is -0.139. The van der Waals surface area contributed by atoms with Crippen LogP contribution in [0.1, 0.15) is 12.1 Å². The van der Waals surface area contributed by atoms with E-state index in [-0.39, 0.29) is 5.91 Å². The highest BCUT2D eigenvalue weighted by Crippen LogP contribution is 2.39. The fourth-order valence-electron chi connectivity index (χ4n) is 1.71. The van der Waals surface area contributed by atoms with E-state index < -0.39 is 17.8 Å². The molecule has 1 heterocycles. The van der Waals surface area contributed by atoms with Gasteiger partial charge in [-0.2, -0.15) is 5.10 Å². The number of carbonyl (C=O) groups is 2. The Morgan fingerprint density at radius 2 is 2.25 bits per heavy atom. The second kappa shape index (κ2) is 3.62. The molecule has 0 aromatic carbocycles. The van der Waals surface area contributed by atoms with Crippen LogP contribution in [0.2, 0.25) is 0 Å². The minimum absolute atomic E-state index is 0.233. The van der Waals surface area contributed by atoms with E-state index in [1.165, 1.54) is 0 Å². The van der Waals surface area contributed by atoms with Crippen LogP contribution >= 0.6 is 0 Å². The summed E-state index contributed by atoms with van der Waals surface area (Å²) in [6.07, 6.45) is 2.13. The maximum atomic E-state index is 11.6. The summed E-state index contributed by atoms with van der Waals surface area (Å²) in [5.41, 5.74) is 1.37. The van der Waals surface area contributed by atoms with Gasteiger partial charge < -0.3 is 10.4 Å². The van der Waals surface area contributed by atoms with Gasteiger partial charge in [-0.05, 0) is 13.3 Å². The van der Waals surface area contributed by atoms with E-state index in [0.29, 0.717) is 12.1 Å². The van der Waals surface area contributed by atoms with Gasteiger partial charge in [0.05, 0.1) is 23.2 Å². The summed E-state index contributed by atoms with van der Waals surface area (Å²) in [6.45, 7) is 1.79. The molecule has 1 saturated carbocycles. The maximum absolute atomic E-state index is 11.6. The summed E-state index contributed by atoms with van der Waals surface area (Å²) in [5, 5.41) is 15.5. The van der Waals surface area contributed by atoms with E-state index in [2.05, 4.69) is 10.4 Å². The number of anilines is 1. The molecule has 1 fully saturated rings. The van der Waals surface area contributed by atoms with E-state index >= 15 is 0 Å². The second-order valence-corrected chi connectivity index (χ2v) is 4.08. The van der Waals surface area contributed by atoms with Gasteiger partial charge >= 0.3 is 5.97 Å². The Morgan fingerprint density at radius 1 is 1.56 bits per heavy atom. The number of hydrogen-bond donors (Lipinski definition) is 2. The Morgan fingerprint density at radius 3 is 2.69 bits per heavy atom. The predicted molar refractivity (Wildman–Crippen MR) is 55.8 cm³/mol. The number of amides is 1. The number of aryl methyl sites for hydroxylation is 2. The first-order chi connectivity index (χ1) is 7.49. The highest BCUT2D eigenvalue weighted by atomic mass is 16.4. The summed E-state index contributed by atoms with van der Waals surface area (Å²) < 4.78 is 1.60. The van der Waals surface area contributed by atoms with E-state index in [0.717, 1.165) is 5.69 Å². The van der Waals surface area contributed by atoms with Crippen LogP contribution in [0.4, 0.5) is 5.69 Å². The van der Waals surface area contributed by atoms with Gasteiger partial charge in [0.15, 0.2) is 0 Å². The van der Waals surface area contributed by atoms with Gasteiger partial charge in [-0.1, -0.05) is 0 Å². The molecule has 16 heavy (non-hydrogen) atoms. The largest absolute Gasteiger partial charge is 0.481 e. The van der Waals surface area contributed by atoms with Crippen LogP contribution < -0.4 is 5.32 Å². The van der Waals surface area contributed by atoms with Crippen molar-refractivity contribution in [2.75, 3.05) is 5.32 Å². The van der Waals surface area contributed by atoms with E-state index in [1.54, 1.807) is 24.9 Å². The average molecular weight is 223 g/mol. The first-order valence-electron chi connectivity index (χ1n) is 5.03. The molecule has 0 spiro atoms. The average Bonchev–Trinajstić information content (AvgIpc) is 2.90. The van der Waals surface area contributed by atoms with Crippen LogP contribution in [0.15, 0.2) is 6.20 Å². The zero-order valence-electron chi connectivity index (χ0n) is 9.10. The first-order valence-corrected chi connectivity index (χ1v) is 5.03. The summed E-state index contributed by atoms with van der Waals surface area (Å²) >= 11 is 0. The highest BCUT2D eigenvalue weighted by Gasteiger charge is 2.48. The van der Waals surface area contributed by atoms with Crippen LogP contribution in [0.5, 0.6) is 0 Å². The zero-order valence-corrected chi connectivity index (χ0v) is 9.10. The van der Waals surface area contributed by atoms with Gasteiger partial charge in [-0.25, -0.2) is 0 Å². The number of carboxylic acid groups (broad SMARTS) is 1. The third-order valence-electron chi connectivity index (χ3n) is 2.72. The molecule has 6 nitrogen and oxygen atoms in total. The Hall–Kier alpha value is -1.85. The number of aromatic nitrogens is 2. The normalized spacial score (nSPS) is 22.9. The van der Waals surface area contributed by atoms with E-state index in [1.807, 2.05) is 0 Å². The molecular formula is C10H13N3O3. The van der Waals surface area contributed by atoms with E-state index in [4.69, 9.17) is 5.11 Å². The van der Waals surface area contributed by atoms with Crippen molar-refractivity contribution in [1.82, 2.24) is 9.78 Å². The molecule has 0 saturated heterocycles. The lowest BCUT2D eigenvalue weighted by Gasteiger charge is -2.01. The molecule has 2 unspecified atom stereocenters. The Balaban J connectivity index is 1.99. The minimum atomic E-state index is -0.900. The topological polar surface area (TPSA) is 84.2 Å². The Kier molecular flexibility index (Phi) is 2.41. The van der Waals surface area contributed by atoms with Crippen molar-refractivity contribution in [2.45, 2.75) is 13.3 Å². The lowest BCUT2D eigenvalue weighted by atomic mass is 10.3. The molecular weight excluding hydrogens is 210 g/mol. The number of rotatable bonds is 3. The van der Waals surface area contributed by atoms with Crippen molar-refractivity contribution in [3.8, 4) is 0 Å². The van der Waals surface area contributed by atoms with Crippen molar-refractivity contribution in [1.29, 1.82) is 0 Å². The molecule has 2 rings (SSSR count). The maximum Gasteiger partial charge on any atom is 0.307 e. The van der Waals surface area contributed by atoms with Gasteiger partial charge in [0, 0.05) is 13.2 Å². The molecule has 1 amide bonds. The van der Waals surface area contributed by atoms with Crippen molar-refractivity contribution < 1.29 is 14.7 Å². The molecule has 6 heteroatoms. The third kappa shape index (κ3) is 1.91. The van der Waals surface area contributed by atoms with Crippen molar-refractivity contribution in [3.05, 3.63) is 11.9 Å². The molecule has 2 atom stereocenters. The Labute approximate surface area is 92.3 Å². The van der Waals surface area contributed by atoms with Crippen LogP contribution in [-0.2, 0) is 16.6 Å². The molecule has 1 aromatic rings. The number of carboxylic acids is 1. The van der Waals surface area contributed by atoms with Crippen LogP contribution in [0, 0.1) is 18.8 Å². The molecule has 1 aromatic heterocycles. The smallest absolute Gasteiger partial charge is 0.307 e. The summed E-state index contributed by atoms with van der Waals surface area (Å²) in [7, 11) is 1.76. The van der Waals surface area contributed by atoms with Gasteiger partial charge in [0.1, 0.15) is 0 Å². The van der Waals surface area contributed by atoms with Gasteiger partial charge in [-0.3, -0.25) is 14.3 Å². The number of nitrogens with zero attached hydrogens (tertiary/aromatic N) is 2. The lowest BCUT2D eigenvalue weighted by Crippen LogP contribution is -2.16. The zero-order chi connectivity index (χ0) is 11.9. The number of nitrogens with one attached hydrogen (secondary N) is 1. The van der Waals surface area contributed by atoms with Crippen molar-refractivity contribution in [3.63, 3.8) is 0 Å². The molecule has 0 bridgehead atoms. The fraction of sp³-hybridized carbons (Fsp3) is 0.500. The predicted octanol–water partition coefficient (Wildman–Crippen LogP) is 0.388. The molecule has 1 aliphatic rings. The number of aliphatic carboxylic acids is 1. The van der Waals surface area contributed by atoms with Gasteiger partial charge in [0.25, 0.3) is 0 Å². The first kappa shape index (κ1) is 10.7. The molecule has 86 valence electrons. The second-order valence-electron chi connectivity index (χ2n) is 4.08. The summed E-state index contributed by atoms with van der Waals surface area (Å²) in [6, 6.07) is 0. The molecule has 0 radical (unpaired) electrons. The summed E-state index contributed by atoms with van der Waals surface area (Å²) in [4.78, 5) is 22.2. The molecule has 0 aliphatic heterocycles. The van der Waals surface area contributed by atoms with Crippen LogP contribution in [0.25, 0.3) is 0 Å². The third-order valence-corrected chi connectivity index (χ3v) is 2.72. The Bertz CT molecular complexity index is 452. The van der Waals surface area contributed by atoms with Crippen LogP contribution in [0.3, 0.4) is 0 Å². The number of hydrogen-bond acceptors (Lipinski definition) is 3. The standard InChI is InChI=1S/C10H13N3O3/c1-5-8(4-13(2)12-5)11-9(14)6-3-7(6)10(15)16/h4,6-7H,3H2,1-2H3,(H,11,14)(H,15,16). The quantitative estimate of drug-likeness (QED) is 0.776.